The van der Waals surface area contributed by atoms with Crippen molar-refractivity contribution in [2.24, 2.45) is 0 Å². The number of aryl methyl sites for hydroxylation is 1. The molecule has 0 bridgehead atoms. The van der Waals surface area contributed by atoms with Crippen LogP contribution in [0.1, 0.15) is 30.0 Å². The van der Waals surface area contributed by atoms with Crippen LogP contribution in [0, 0.1) is 0 Å². The summed E-state index contributed by atoms with van der Waals surface area (Å²) in [6, 6.07) is 0. The molecule has 0 atom stereocenters. The number of piperazine rings is 1. The lowest BCUT2D eigenvalue weighted by molar-refractivity contribution is 0.0729. The molecule has 1 amide bonds. The smallest absolute Gasteiger partial charge is 0.276 e. The zero-order valence-electron chi connectivity index (χ0n) is 13.0. The molecule has 0 unspecified atom stereocenters. The van der Waals surface area contributed by atoms with Crippen LogP contribution in [0.15, 0.2) is 0 Å². The Labute approximate surface area is 131 Å². The van der Waals surface area contributed by atoms with Gasteiger partial charge in [-0.1, -0.05) is 18.5 Å². The SMILES string of the molecule is CCN(C)Cc1c(Cl)c(C(=O)N2CCNCC2)nn1CC. The number of carbonyl (C=O) groups excluding carboxylic acids is 1. The minimum absolute atomic E-state index is 0.0610. The molecule has 118 valence electrons. The molecule has 0 aliphatic carbocycles. The highest BCUT2D eigenvalue weighted by Crippen LogP contribution is 2.23. The van der Waals surface area contributed by atoms with Crippen molar-refractivity contribution in [1.82, 2.24) is 24.9 Å². The number of rotatable bonds is 5. The van der Waals surface area contributed by atoms with Gasteiger partial charge in [0, 0.05) is 39.3 Å². The molecule has 2 rings (SSSR count). The lowest BCUT2D eigenvalue weighted by Crippen LogP contribution is -2.46. The molecule has 1 aromatic heterocycles. The predicted octanol–water partition coefficient (Wildman–Crippen LogP) is 1.05. The Morgan fingerprint density at radius 1 is 1.38 bits per heavy atom. The number of hydrogen-bond acceptors (Lipinski definition) is 4. The van der Waals surface area contributed by atoms with Gasteiger partial charge in [0.15, 0.2) is 5.69 Å². The lowest BCUT2D eigenvalue weighted by atomic mass is 10.2. The highest BCUT2D eigenvalue weighted by Gasteiger charge is 2.26. The fourth-order valence-corrected chi connectivity index (χ4v) is 2.69. The molecule has 21 heavy (non-hydrogen) atoms. The topological polar surface area (TPSA) is 53.4 Å². The molecule has 1 aliphatic heterocycles. The largest absolute Gasteiger partial charge is 0.335 e. The summed E-state index contributed by atoms with van der Waals surface area (Å²) in [5, 5.41) is 8.18. The van der Waals surface area contributed by atoms with Crippen LogP contribution in [0.3, 0.4) is 0 Å². The summed E-state index contributed by atoms with van der Waals surface area (Å²) in [5.41, 5.74) is 1.31. The minimum Gasteiger partial charge on any atom is -0.335 e. The molecule has 2 heterocycles. The van der Waals surface area contributed by atoms with E-state index in [0.717, 1.165) is 25.3 Å². The third-order valence-electron chi connectivity index (χ3n) is 3.86. The fraction of sp³-hybridized carbons (Fsp3) is 0.714. The fourth-order valence-electron chi connectivity index (χ4n) is 2.41. The standard InChI is InChI=1S/C14H24ClN5O/c1-4-18(3)10-11-12(15)13(17-20(11)5-2)14(21)19-8-6-16-7-9-19/h16H,4-10H2,1-3H3. The van der Waals surface area contributed by atoms with Gasteiger partial charge in [-0.05, 0) is 20.5 Å². The molecule has 0 saturated carbocycles. The quantitative estimate of drug-likeness (QED) is 0.883. The summed E-state index contributed by atoms with van der Waals surface area (Å²) in [6.45, 7) is 9.49. The molecule has 0 radical (unpaired) electrons. The molecule has 7 heteroatoms. The molecule has 1 saturated heterocycles. The highest BCUT2D eigenvalue weighted by atomic mass is 35.5. The third-order valence-corrected chi connectivity index (χ3v) is 4.26. The van der Waals surface area contributed by atoms with Crippen molar-refractivity contribution in [2.45, 2.75) is 26.9 Å². The number of halogens is 1. The Morgan fingerprint density at radius 2 is 2.05 bits per heavy atom. The first-order valence-corrected chi connectivity index (χ1v) is 7.90. The molecular formula is C14H24ClN5O. The number of hydrogen-bond donors (Lipinski definition) is 1. The number of nitrogens with zero attached hydrogens (tertiary/aromatic N) is 4. The Balaban J connectivity index is 2.25. The van der Waals surface area contributed by atoms with E-state index in [0.29, 0.717) is 36.9 Å². The van der Waals surface area contributed by atoms with Gasteiger partial charge in [-0.25, -0.2) is 0 Å². The van der Waals surface area contributed by atoms with Crippen LogP contribution in [0.5, 0.6) is 0 Å². The van der Waals surface area contributed by atoms with Crippen LogP contribution in [0.25, 0.3) is 0 Å². The summed E-state index contributed by atoms with van der Waals surface area (Å²) in [4.78, 5) is 16.5. The summed E-state index contributed by atoms with van der Waals surface area (Å²) in [6.07, 6.45) is 0. The van der Waals surface area contributed by atoms with E-state index in [9.17, 15) is 4.79 Å². The van der Waals surface area contributed by atoms with Gasteiger partial charge < -0.3 is 15.1 Å². The van der Waals surface area contributed by atoms with Crippen molar-refractivity contribution >= 4 is 17.5 Å². The van der Waals surface area contributed by atoms with Crippen molar-refractivity contribution in [2.75, 3.05) is 39.8 Å². The van der Waals surface area contributed by atoms with Gasteiger partial charge in [0.05, 0.1) is 10.7 Å². The summed E-state index contributed by atoms with van der Waals surface area (Å²) < 4.78 is 1.84. The maximum absolute atomic E-state index is 12.6. The molecule has 1 N–H and O–H groups in total. The molecular weight excluding hydrogens is 290 g/mol. The van der Waals surface area contributed by atoms with Gasteiger partial charge in [0.1, 0.15) is 0 Å². The van der Waals surface area contributed by atoms with E-state index in [2.05, 4.69) is 22.2 Å². The Bertz CT molecular complexity index is 496. The van der Waals surface area contributed by atoms with Crippen molar-refractivity contribution < 1.29 is 4.79 Å². The van der Waals surface area contributed by atoms with E-state index in [1.165, 1.54) is 0 Å². The second-order valence-corrected chi connectivity index (χ2v) is 5.68. The highest BCUT2D eigenvalue weighted by molar-refractivity contribution is 6.34. The van der Waals surface area contributed by atoms with Crippen LogP contribution in [-0.4, -0.2) is 65.3 Å². The minimum atomic E-state index is -0.0610. The van der Waals surface area contributed by atoms with Crippen molar-refractivity contribution in [3.05, 3.63) is 16.4 Å². The molecule has 0 spiro atoms. The van der Waals surface area contributed by atoms with Crippen LogP contribution >= 0.6 is 11.6 Å². The molecule has 1 aliphatic rings. The Hall–Kier alpha value is -1.11. The second kappa shape index (κ2) is 7.24. The van der Waals surface area contributed by atoms with Crippen LogP contribution < -0.4 is 5.32 Å². The Morgan fingerprint density at radius 3 is 2.62 bits per heavy atom. The summed E-state index contributed by atoms with van der Waals surface area (Å²) in [5.74, 6) is -0.0610. The van der Waals surface area contributed by atoms with Gasteiger partial charge in [-0.15, -0.1) is 0 Å². The lowest BCUT2D eigenvalue weighted by Gasteiger charge is -2.26. The van der Waals surface area contributed by atoms with Crippen molar-refractivity contribution in [1.29, 1.82) is 0 Å². The Kier molecular flexibility index (Phi) is 5.61. The maximum atomic E-state index is 12.6. The van der Waals surface area contributed by atoms with Gasteiger partial charge in [0.25, 0.3) is 5.91 Å². The van der Waals surface area contributed by atoms with E-state index in [1.54, 1.807) is 0 Å². The second-order valence-electron chi connectivity index (χ2n) is 5.30. The number of carbonyl (C=O) groups is 1. The van der Waals surface area contributed by atoms with Crippen molar-refractivity contribution in [3.63, 3.8) is 0 Å². The van der Waals surface area contributed by atoms with Gasteiger partial charge in [0.2, 0.25) is 0 Å². The first-order valence-electron chi connectivity index (χ1n) is 7.52. The van der Waals surface area contributed by atoms with E-state index in [-0.39, 0.29) is 5.91 Å². The first-order chi connectivity index (χ1) is 10.1. The molecule has 6 nitrogen and oxygen atoms in total. The summed E-state index contributed by atoms with van der Waals surface area (Å²) in [7, 11) is 2.03. The monoisotopic (exact) mass is 313 g/mol. The molecule has 1 aromatic rings. The van der Waals surface area contributed by atoms with Crippen molar-refractivity contribution in [3.8, 4) is 0 Å². The zero-order valence-corrected chi connectivity index (χ0v) is 13.8. The molecule has 1 fully saturated rings. The number of aromatic nitrogens is 2. The van der Waals surface area contributed by atoms with E-state index < -0.39 is 0 Å². The van der Waals surface area contributed by atoms with E-state index in [1.807, 2.05) is 23.6 Å². The van der Waals surface area contributed by atoms with Gasteiger partial charge in [-0.2, -0.15) is 5.10 Å². The van der Waals surface area contributed by atoms with Crippen LogP contribution in [0.4, 0.5) is 0 Å². The maximum Gasteiger partial charge on any atom is 0.276 e. The molecule has 0 aromatic carbocycles. The normalized spacial score (nSPS) is 15.8. The predicted molar refractivity (Wildman–Crippen MR) is 83.7 cm³/mol. The average molecular weight is 314 g/mol. The summed E-state index contributed by atoms with van der Waals surface area (Å²) >= 11 is 6.45. The van der Waals surface area contributed by atoms with Crippen LogP contribution in [0.2, 0.25) is 5.02 Å². The van der Waals surface area contributed by atoms with Gasteiger partial charge >= 0.3 is 0 Å². The van der Waals surface area contributed by atoms with Crippen LogP contribution in [-0.2, 0) is 13.1 Å². The third kappa shape index (κ3) is 3.56. The number of amides is 1. The van der Waals surface area contributed by atoms with E-state index >= 15 is 0 Å². The number of nitrogens with one attached hydrogen (secondary N) is 1. The zero-order chi connectivity index (χ0) is 15.4. The average Bonchev–Trinajstić information content (AvgIpc) is 2.83. The first kappa shape index (κ1) is 16.3. The van der Waals surface area contributed by atoms with E-state index in [4.69, 9.17) is 11.6 Å². The van der Waals surface area contributed by atoms with Gasteiger partial charge in [-0.3, -0.25) is 9.48 Å².